The highest BCUT2D eigenvalue weighted by molar-refractivity contribution is 5.83. The molecule has 4 aromatic rings. The Morgan fingerprint density at radius 1 is 0.739 bits per heavy atom. The number of fused-ring (bicyclic) bond motifs is 1. The summed E-state index contributed by atoms with van der Waals surface area (Å²) in [6.07, 6.45) is 0. The van der Waals surface area contributed by atoms with E-state index in [1.807, 2.05) is 59.2 Å². The lowest BCUT2D eigenvalue weighted by Crippen LogP contribution is -1.98. The Morgan fingerprint density at radius 3 is 2.13 bits per heavy atom. The largest absolute Gasteiger partial charge is 0.292 e. The highest BCUT2D eigenvalue weighted by Gasteiger charge is 2.15. The minimum absolute atomic E-state index is 0.405. The van der Waals surface area contributed by atoms with Crippen LogP contribution >= 0.6 is 0 Å². The molecule has 0 unspecified atom stereocenters. The predicted octanol–water partition coefficient (Wildman–Crippen LogP) is 4.97. The van der Waals surface area contributed by atoms with Crippen molar-refractivity contribution in [1.29, 1.82) is 0 Å². The fourth-order valence-corrected chi connectivity index (χ4v) is 2.74. The normalized spacial score (nSPS) is 11.0. The van der Waals surface area contributed by atoms with Gasteiger partial charge in [-0.1, -0.05) is 30.3 Å². The zero-order chi connectivity index (χ0) is 15.8. The van der Waals surface area contributed by atoms with Crippen molar-refractivity contribution >= 4 is 11.0 Å². The van der Waals surface area contributed by atoms with Crippen molar-refractivity contribution in [2.75, 3.05) is 0 Å². The molecule has 0 saturated carbocycles. The zero-order valence-corrected chi connectivity index (χ0v) is 12.1. The number of nitrogens with zero attached hydrogens (tertiary/aromatic N) is 2. The van der Waals surface area contributed by atoms with Crippen molar-refractivity contribution in [3.8, 4) is 17.1 Å². The SMILES string of the molecule is Fc1cc(F)cc(-c2nc3ccccc3n2-c2ccccc2)c1. The van der Waals surface area contributed by atoms with Crippen LogP contribution in [0.15, 0.2) is 72.8 Å². The highest BCUT2D eigenvalue weighted by Crippen LogP contribution is 2.29. The monoisotopic (exact) mass is 306 g/mol. The molecule has 0 radical (unpaired) electrons. The maximum atomic E-state index is 13.6. The van der Waals surface area contributed by atoms with Crippen LogP contribution in [0.3, 0.4) is 0 Å². The van der Waals surface area contributed by atoms with E-state index in [0.717, 1.165) is 22.8 Å². The highest BCUT2D eigenvalue weighted by atomic mass is 19.1. The van der Waals surface area contributed by atoms with E-state index in [-0.39, 0.29) is 0 Å². The fraction of sp³-hybridized carbons (Fsp3) is 0. The van der Waals surface area contributed by atoms with Crippen LogP contribution in [-0.4, -0.2) is 9.55 Å². The van der Waals surface area contributed by atoms with Crippen LogP contribution < -0.4 is 0 Å². The van der Waals surface area contributed by atoms with Gasteiger partial charge in [-0.05, 0) is 36.4 Å². The number of imidazole rings is 1. The van der Waals surface area contributed by atoms with Crippen molar-refractivity contribution in [2.24, 2.45) is 0 Å². The molecular formula is C19H12F2N2. The molecule has 0 fully saturated rings. The van der Waals surface area contributed by atoms with Gasteiger partial charge in [-0.25, -0.2) is 13.8 Å². The Balaban J connectivity index is 2.07. The third kappa shape index (κ3) is 2.38. The van der Waals surface area contributed by atoms with Crippen LogP contribution in [-0.2, 0) is 0 Å². The van der Waals surface area contributed by atoms with E-state index in [4.69, 9.17) is 0 Å². The number of aromatic nitrogens is 2. The minimum atomic E-state index is -0.619. The fourth-order valence-electron chi connectivity index (χ4n) is 2.74. The number of hydrogen-bond acceptors (Lipinski definition) is 1. The van der Waals surface area contributed by atoms with Crippen molar-refractivity contribution in [3.63, 3.8) is 0 Å². The Hall–Kier alpha value is -3.01. The van der Waals surface area contributed by atoms with Gasteiger partial charge in [-0.3, -0.25) is 4.57 Å². The van der Waals surface area contributed by atoms with Crippen molar-refractivity contribution in [1.82, 2.24) is 9.55 Å². The molecule has 112 valence electrons. The Morgan fingerprint density at radius 2 is 1.39 bits per heavy atom. The Labute approximate surface area is 131 Å². The molecule has 1 aromatic heterocycles. The number of hydrogen-bond donors (Lipinski definition) is 0. The first-order chi connectivity index (χ1) is 11.2. The average molecular weight is 306 g/mol. The van der Waals surface area contributed by atoms with Gasteiger partial charge >= 0.3 is 0 Å². The molecule has 0 amide bonds. The van der Waals surface area contributed by atoms with E-state index in [2.05, 4.69) is 4.98 Å². The smallest absolute Gasteiger partial charge is 0.145 e. The molecule has 0 aliphatic rings. The molecule has 3 aromatic carbocycles. The lowest BCUT2D eigenvalue weighted by molar-refractivity contribution is 0.584. The number of para-hydroxylation sites is 3. The number of benzene rings is 3. The van der Waals surface area contributed by atoms with Crippen LogP contribution in [0, 0.1) is 11.6 Å². The maximum Gasteiger partial charge on any atom is 0.145 e. The third-order valence-electron chi connectivity index (χ3n) is 3.70. The quantitative estimate of drug-likeness (QED) is 0.511. The summed E-state index contributed by atoms with van der Waals surface area (Å²) in [5, 5.41) is 0. The Kier molecular flexibility index (Phi) is 3.15. The van der Waals surface area contributed by atoms with Gasteiger partial charge in [0, 0.05) is 17.3 Å². The van der Waals surface area contributed by atoms with E-state index >= 15 is 0 Å². The zero-order valence-electron chi connectivity index (χ0n) is 12.1. The summed E-state index contributed by atoms with van der Waals surface area (Å²) in [5.74, 6) is -0.728. The van der Waals surface area contributed by atoms with Crippen LogP contribution in [0.4, 0.5) is 8.78 Å². The molecule has 2 nitrogen and oxygen atoms in total. The summed E-state index contributed by atoms with van der Waals surface area (Å²) in [4.78, 5) is 4.57. The van der Waals surface area contributed by atoms with Gasteiger partial charge in [-0.2, -0.15) is 0 Å². The average Bonchev–Trinajstić information content (AvgIpc) is 2.94. The summed E-state index contributed by atoms with van der Waals surface area (Å²) in [7, 11) is 0. The first kappa shape index (κ1) is 13.6. The van der Waals surface area contributed by atoms with Gasteiger partial charge in [0.2, 0.25) is 0 Å². The number of rotatable bonds is 2. The second-order valence-electron chi connectivity index (χ2n) is 5.25. The molecular weight excluding hydrogens is 294 g/mol. The van der Waals surface area contributed by atoms with E-state index < -0.39 is 11.6 Å². The molecule has 0 atom stereocenters. The van der Waals surface area contributed by atoms with Gasteiger partial charge in [0.05, 0.1) is 11.0 Å². The van der Waals surface area contributed by atoms with Crippen molar-refractivity contribution < 1.29 is 8.78 Å². The first-order valence-electron chi connectivity index (χ1n) is 7.22. The van der Waals surface area contributed by atoms with Gasteiger partial charge in [0.15, 0.2) is 0 Å². The summed E-state index contributed by atoms with van der Waals surface area (Å²) in [5.41, 5.74) is 2.96. The van der Waals surface area contributed by atoms with Crippen LogP contribution in [0.2, 0.25) is 0 Å². The molecule has 0 N–H and O–H groups in total. The van der Waals surface area contributed by atoms with Crippen LogP contribution in [0.1, 0.15) is 0 Å². The summed E-state index contributed by atoms with van der Waals surface area (Å²) in [6.45, 7) is 0. The molecule has 4 rings (SSSR count). The molecule has 0 saturated heterocycles. The van der Waals surface area contributed by atoms with E-state index in [9.17, 15) is 8.78 Å². The second-order valence-corrected chi connectivity index (χ2v) is 5.25. The molecule has 0 bridgehead atoms. The molecule has 23 heavy (non-hydrogen) atoms. The Bertz CT molecular complexity index is 971. The first-order valence-corrected chi connectivity index (χ1v) is 7.22. The van der Waals surface area contributed by atoms with Crippen molar-refractivity contribution in [2.45, 2.75) is 0 Å². The molecule has 0 aliphatic heterocycles. The van der Waals surface area contributed by atoms with Crippen molar-refractivity contribution in [3.05, 3.63) is 84.4 Å². The molecule has 0 spiro atoms. The standard InChI is InChI=1S/C19H12F2N2/c20-14-10-13(11-15(21)12-14)19-22-17-8-4-5-9-18(17)23(19)16-6-2-1-3-7-16/h1-12H. The molecule has 0 aliphatic carbocycles. The molecule has 4 heteroatoms. The lowest BCUT2D eigenvalue weighted by atomic mass is 10.2. The van der Waals surface area contributed by atoms with Gasteiger partial charge in [0.25, 0.3) is 0 Å². The summed E-state index contributed by atoms with van der Waals surface area (Å²) < 4.78 is 29.2. The second kappa shape index (κ2) is 5.32. The number of halogens is 2. The topological polar surface area (TPSA) is 17.8 Å². The van der Waals surface area contributed by atoms with E-state index in [0.29, 0.717) is 11.4 Å². The molecule has 1 heterocycles. The van der Waals surface area contributed by atoms with Crippen LogP contribution in [0.5, 0.6) is 0 Å². The van der Waals surface area contributed by atoms with Gasteiger partial charge < -0.3 is 0 Å². The summed E-state index contributed by atoms with van der Waals surface area (Å²) >= 11 is 0. The van der Waals surface area contributed by atoms with Gasteiger partial charge in [-0.15, -0.1) is 0 Å². The third-order valence-corrected chi connectivity index (χ3v) is 3.70. The van der Waals surface area contributed by atoms with E-state index in [1.54, 1.807) is 0 Å². The summed E-state index contributed by atoms with van der Waals surface area (Å²) in [6, 6.07) is 20.7. The van der Waals surface area contributed by atoms with E-state index in [1.165, 1.54) is 12.1 Å². The lowest BCUT2D eigenvalue weighted by Gasteiger charge is -2.09. The maximum absolute atomic E-state index is 13.6. The predicted molar refractivity (Wildman–Crippen MR) is 86.4 cm³/mol. The van der Waals surface area contributed by atoms with Crippen LogP contribution in [0.25, 0.3) is 28.1 Å². The minimum Gasteiger partial charge on any atom is -0.292 e. The van der Waals surface area contributed by atoms with Gasteiger partial charge in [0.1, 0.15) is 17.5 Å².